The van der Waals surface area contributed by atoms with Gasteiger partial charge in [0.15, 0.2) is 0 Å². The molecule has 1 N–H and O–H groups in total. The van der Waals surface area contributed by atoms with E-state index in [9.17, 15) is 14.4 Å². The lowest BCUT2D eigenvalue weighted by molar-refractivity contribution is -0.145. The van der Waals surface area contributed by atoms with Crippen LogP contribution in [0.2, 0.25) is 0 Å². The van der Waals surface area contributed by atoms with Crippen LogP contribution in [0.25, 0.3) is 0 Å². The van der Waals surface area contributed by atoms with Crippen LogP contribution < -0.4 is 0 Å². The van der Waals surface area contributed by atoms with E-state index >= 15 is 0 Å². The number of carbonyl (C=O) groups excluding carboxylic acids is 2. The highest BCUT2D eigenvalue weighted by molar-refractivity contribution is 5.80. The lowest BCUT2D eigenvalue weighted by Gasteiger charge is -2.28. The Bertz CT molecular complexity index is 422. The van der Waals surface area contributed by atoms with Crippen molar-refractivity contribution >= 4 is 17.8 Å². The maximum absolute atomic E-state index is 12.1. The second-order valence-electron chi connectivity index (χ2n) is 5.69. The van der Waals surface area contributed by atoms with Crippen molar-refractivity contribution in [3.63, 3.8) is 0 Å². The Kier molecular flexibility index (Phi) is 7.63. The summed E-state index contributed by atoms with van der Waals surface area (Å²) in [5.74, 6) is -1.09. The number of hydrogen-bond donors (Lipinski definition) is 1. The lowest BCUT2D eigenvalue weighted by Crippen LogP contribution is -2.43. The van der Waals surface area contributed by atoms with Crippen LogP contribution in [0.4, 0.5) is 0 Å². The minimum atomic E-state index is -1.00. The Hall–Kier alpha value is -1.85. The molecule has 0 spiro atoms. The van der Waals surface area contributed by atoms with Gasteiger partial charge in [-0.2, -0.15) is 0 Å². The maximum atomic E-state index is 12.1. The molecule has 0 radical (unpaired) electrons. The molecular formula is C16H26N2O4. The first-order valence-corrected chi connectivity index (χ1v) is 7.83. The van der Waals surface area contributed by atoms with E-state index in [2.05, 4.69) is 6.58 Å². The zero-order valence-corrected chi connectivity index (χ0v) is 13.3. The van der Waals surface area contributed by atoms with E-state index in [1.807, 2.05) is 11.0 Å². The Morgan fingerprint density at radius 1 is 1.32 bits per heavy atom. The number of hydrogen-bond acceptors (Lipinski definition) is 3. The van der Waals surface area contributed by atoms with Crippen LogP contribution in [-0.4, -0.2) is 58.4 Å². The summed E-state index contributed by atoms with van der Waals surface area (Å²) in [6.07, 6.45) is 6.13. The third-order valence-electron chi connectivity index (χ3n) is 4.00. The second-order valence-corrected chi connectivity index (χ2v) is 5.69. The van der Waals surface area contributed by atoms with Crippen LogP contribution in [0.15, 0.2) is 12.7 Å². The van der Waals surface area contributed by atoms with E-state index in [-0.39, 0.29) is 24.4 Å². The first-order valence-electron chi connectivity index (χ1n) is 7.83. The quantitative estimate of drug-likeness (QED) is 0.573. The van der Waals surface area contributed by atoms with E-state index < -0.39 is 5.97 Å². The number of carboxylic acids is 1. The Morgan fingerprint density at radius 3 is 2.64 bits per heavy atom. The van der Waals surface area contributed by atoms with Crippen molar-refractivity contribution in [1.82, 2.24) is 9.80 Å². The molecule has 1 rings (SSSR count). The van der Waals surface area contributed by atoms with Gasteiger partial charge in [-0.1, -0.05) is 6.08 Å². The van der Waals surface area contributed by atoms with Gasteiger partial charge in [-0.25, -0.2) is 0 Å². The first kappa shape index (κ1) is 18.2. The van der Waals surface area contributed by atoms with Gasteiger partial charge in [-0.05, 0) is 32.1 Å². The highest BCUT2D eigenvalue weighted by Gasteiger charge is 2.27. The van der Waals surface area contributed by atoms with Crippen LogP contribution >= 0.6 is 0 Å². The van der Waals surface area contributed by atoms with Gasteiger partial charge in [0.1, 0.15) is 6.54 Å². The Morgan fingerprint density at radius 2 is 2.05 bits per heavy atom. The van der Waals surface area contributed by atoms with Crippen molar-refractivity contribution in [2.45, 2.75) is 51.5 Å². The zero-order valence-electron chi connectivity index (χ0n) is 13.3. The SMILES string of the molecule is C=CCCCC(=O)N1CCCC(N(CC(=O)O)C(C)=O)CC1. The number of nitrogens with zero attached hydrogens (tertiary/aromatic N) is 2. The number of carboxylic acid groups (broad SMARTS) is 1. The predicted octanol–water partition coefficient (Wildman–Crippen LogP) is 1.66. The summed E-state index contributed by atoms with van der Waals surface area (Å²) in [6.45, 7) is 6.04. The van der Waals surface area contributed by atoms with Gasteiger partial charge in [0.05, 0.1) is 0 Å². The van der Waals surface area contributed by atoms with Crippen molar-refractivity contribution < 1.29 is 19.5 Å². The summed E-state index contributed by atoms with van der Waals surface area (Å²) in [5, 5.41) is 8.93. The summed E-state index contributed by atoms with van der Waals surface area (Å²) in [5.41, 5.74) is 0. The molecular weight excluding hydrogens is 284 g/mol. The van der Waals surface area contributed by atoms with Crippen LogP contribution in [0, 0.1) is 0 Å². The standard InChI is InChI=1S/C16H26N2O4/c1-3-4-5-8-15(20)17-10-6-7-14(9-11-17)18(13(2)19)12-16(21)22/h3,14H,1,4-12H2,2H3,(H,21,22). The van der Waals surface area contributed by atoms with E-state index in [4.69, 9.17) is 5.11 Å². The lowest BCUT2D eigenvalue weighted by atomic mass is 10.1. The molecule has 0 aromatic carbocycles. The molecule has 0 saturated carbocycles. The fraction of sp³-hybridized carbons (Fsp3) is 0.688. The van der Waals surface area contributed by atoms with E-state index in [1.165, 1.54) is 11.8 Å². The summed E-state index contributed by atoms with van der Waals surface area (Å²) >= 11 is 0. The minimum absolute atomic E-state index is 0.0976. The molecule has 6 nitrogen and oxygen atoms in total. The summed E-state index contributed by atoms with van der Waals surface area (Å²) < 4.78 is 0. The molecule has 1 fully saturated rings. The van der Waals surface area contributed by atoms with Crippen molar-refractivity contribution in [2.24, 2.45) is 0 Å². The van der Waals surface area contributed by atoms with Crippen LogP contribution in [0.1, 0.15) is 45.4 Å². The Balaban J connectivity index is 2.56. The fourth-order valence-corrected chi connectivity index (χ4v) is 2.84. The van der Waals surface area contributed by atoms with Gasteiger partial charge in [-0.15, -0.1) is 6.58 Å². The molecule has 1 heterocycles. The zero-order chi connectivity index (χ0) is 16.5. The molecule has 124 valence electrons. The minimum Gasteiger partial charge on any atom is -0.480 e. The first-order chi connectivity index (χ1) is 10.5. The molecule has 6 heteroatoms. The van der Waals surface area contributed by atoms with Gasteiger partial charge >= 0.3 is 5.97 Å². The molecule has 1 atom stereocenters. The molecule has 0 bridgehead atoms. The monoisotopic (exact) mass is 310 g/mol. The maximum Gasteiger partial charge on any atom is 0.323 e. The normalized spacial score (nSPS) is 18.4. The van der Waals surface area contributed by atoms with Gasteiger partial charge in [0.25, 0.3) is 0 Å². The van der Waals surface area contributed by atoms with Crippen LogP contribution in [0.5, 0.6) is 0 Å². The summed E-state index contributed by atoms with van der Waals surface area (Å²) in [6, 6.07) is -0.0976. The second kappa shape index (κ2) is 9.23. The van der Waals surface area contributed by atoms with E-state index in [1.54, 1.807) is 0 Å². The molecule has 0 aromatic heterocycles. The molecule has 0 aromatic rings. The molecule has 2 amide bonds. The molecule has 0 aliphatic carbocycles. The molecule has 22 heavy (non-hydrogen) atoms. The number of rotatable bonds is 7. The number of amides is 2. The predicted molar refractivity (Wildman–Crippen MR) is 83.3 cm³/mol. The number of aliphatic carboxylic acids is 1. The fourth-order valence-electron chi connectivity index (χ4n) is 2.84. The van der Waals surface area contributed by atoms with Gasteiger partial charge in [0.2, 0.25) is 11.8 Å². The topological polar surface area (TPSA) is 77.9 Å². The van der Waals surface area contributed by atoms with E-state index in [0.29, 0.717) is 25.9 Å². The Labute approximate surface area is 131 Å². The van der Waals surface area contributed by atoms with Crippen molar-refractivity contribution in [3.05, 3.63) is 12.7 Å². The van der Waals surface area contributed by atoms with Crippen LogP contribution in [-0.2, 0) is 14.4 Å². The molecule has 1 saturated heterocycles. The smallest absolute Gasteiger partial charge is 0.323 e. The summed E-state index contributed by atoms with van der Waals surface area (Å²) in [4.78, 5) is 37.9. The van der Waals surface area contributed by atoms with E-state index in [0.717, 1.165) is 25.7 Å². The molecule has 1 unspecified atom stereocenters. The number of likely N-dealkylation sites (tertiary alicyclic amines) is 1. The van der Waals surface area contributed by atoms with Gasteiger partial charge in [-0.3, -0.25) is 14.4 Å². The number of carbonyl (C=O) groups is 3. The highest BCUT2D eigenvalue weighted by Crippen LogP contribution is 2.18. The molecule has 1 aliphatic rings. The average Bonchev–Trinajstić information content (AvgIpc) is 2.70. The van der Waals surface area contributed by atoms with Crippen molar-refractivity contribution in [2.75, 3.05) is 19.6 Å². The third-order valence-corrected chi connectivity index (χ3v) is 4.00. The number of unbranched alkanes of at least 4 members (excludes halogenated alkanes) is 1. The van der Waals surface area contributed by atoms with Crippen LogP contribution in [0.3, 0.4) is 0 Å². The van der Waals surface area contributed by atoms with Crippen molar-refractivity contribution in [1.29, 1.82) is 0 Å². The average molecular weight is 310 g/mol. The third kappa shape index (κ3) is 5.87. The van der Waals surface area contributed by atoms with Gasteiger partial charge in [0, 0.05) is 32.5 Å². The largest absolute Gasteiger partial charge is 0.480 e. The summed E-state index contributed by atoms with van der Waals surface area (Å²) in [7, 11) is 0. The molecule has 1 aliphatic heterocycles. The highest BCUT2D eigenvalue weighted by atomic mass is 16.4. The number of allylic oxidation sites excluding steroid dienone is 1. The van der Waals surface area contributed by atoms with Gasteiger partial charge < -0.3 is 14.9 Å². The van der Waals surface area contributed by atoms with Crippen molar-refractivity contribution in [3.8, 4) is 0 Å².